The molecule has 0 radical (unpaired) electrons. The number of carbonyl (C=O) groups is 3. The molecule has 0 spiro atoms. The summed E-state index contributed by atoms with van der Waals surface area (Å²) < 4.78 is 5.08. The van der Waals surface area contributed by atoms with E-state index in [9.17, 15) is 14.4 Å². The molecule has 1 aliphatic heterocycles. The number of esters is 1. The number of rotatable bonds is 5. The van der Waals surface area contributed by atoms with E-state index in [0.29, 0.717) is 17.0 Å². The highest BCUT2D eigenvalue weighted by molar-refractivity contribution is 6.25. The van der Waals surface area contributed by atoms with Gasteiger partial charge in [-0.3, -0.25) is 14.5 Å². The molecule has 4 rings (SSSR count). The van der Waals surface area contributed by atoms with Crippen LogP contribution < -0.4 is 0 Å². The minimum absolute atomic E-state index is 0.0247. The van der Waals surface area contributed by atoms with E-state index >= 15 is 0 Å². The van der Waals surface area contributed by atoms with Crippen LogP contribution >= 0.6 is 0 Å². The molecule has 150 valence electrons. The lowest BCUT2D eigenvalue weighted by atomic mass is 9.80. The Bertz CT molecular complexity index is 995. The summed E-state index contributed by atoms with van der Waals surface area (Å²) in [6, 6.07) is 9.61. The molecule has 5 nitrogen and oxygen atoms in total. The second-order valence-electron chi connectivity index (χ2n) is 7.94. The fourth-order valence-electron chi connectivity index (χ4n) is 4.49. The first-order valence-electron chi connectivity index (χ1n) is 10.2. The van der Waals surface area contributed by atoms with Crippen molar-refractivity contribution in [2.24, 2.45) is 0 Å². The van der Waals surface area contributed by atoms with E-state index in [2.05, 4.69) is 12.6 Å². The maximum Gasteiger partial charge on any atom is 0.333 e. The van der Waals surface area contributed by atoms with Gasteiger partial charge in [0, 0.05) is 22.1 Å². The third-order valence-corrected chi connectivity index (χ3v) is 5.97. The van der Waals surface area contributed by atoms with E-state index in [4.69, 9.17) is 4.74 Å². The van der Waals surface area contributed by atoms with Gasteiger partial charge in [-0.05, 0) is 48.8 Å². The average Bonchev–Trinajstić information content (AvgIpc) is 2.74. The van der Waals surface area contributed by atoms with Crippen molar-refractivity contribution in [3.05, 3.63) is 59.2 Å². The SMILES string of the molecule is C=C(C)C(=O)OCCN1C(=O)c2cccc3c(C4CCCCC4)ccc(c23)C1=O. The van der Waals surface area contributed by atoms with Gasteiger partial charge in [0.2, 0.25) is 0 Å². The van der Waals surface area contributed by atoms with Gasteiger partial charge < -0.3 is 4.74 Å². The number of carbonyl (C=O) groups excluding carboxylic acids is 3. The smallest absolute Gasteiger partial charge is 0.333 e. The van der Waals surface area contributed by atoms with E-state index in [1.54, 1.807) is 13.0 Å². The molecular weight excluding hydrogens is 366 g/mol. The van der Waals surface area contributed by atoms with Gasteiger partial charge >= 0.3 is 5.97 Å². The minimum atomic E-state index is -0.526. The summed E-state index contributed by atoms with van der Waals surface area (Å²) in [5.41, 5.74) is 2.61. The molecule has 0 atom stereocenters. The lowest BCUT2D eigenvalue weighted by Gasteiger charge is -2.29. The molecule has 29 heavy (non-hydrogen) atoms. The van der Waals surface area contributed by atoms with Gasteiger partial charge in [-0.1, -0.05) is 44.0 Å². The summed E-state index contributed by atoms with van der Waals surface area (Å²) >= 11 is 0. The van der Waals surface area contributed by atoms with Gasteiger partial charge in [0.15, 0.2) is 0 Å². The van der Waals surface area contributed by atoms with Crippen LogP contribution in [0.5, 0.6) is 0 Å². The molecule has 0 saturated heterocycles. The zero-order chi connectivity index (χ0) is 20.5. The quantitative estimate of drug-likeness (QED) is 0.424. The summed E-state index contributed by atoms with van der Waals surface area (Å²) in [4.78, 5) is 38.9. The number of ether oxygens (including phenoxy) is 1. The van der Waals surface area contributed by atoms with Crippen LogP contribution in [0.3, 0.4) is 0 Å². The number of hydrogen-bond acceptors (Lipinski definition) is 4. The van der Waals surface area contributed by atoms with Crippen LogP contribution in [0.15, 0.2) is 42.5 Å². The summed E-state index contributed by atoms with van der Waals surface area (Å²) in [5.74, 6) is -0.708. The minimum Gasteiger partial charge on any atom is -0.460 e. The first kappa shape index (κ1) is 19.4. The largest absolute Gasteiger partial charge is 0.460 e. The van der Waals surface area contributed by atoms with Crippen LogP contribution in [0.25, 0.3) is 10.8 Å². The maximum absolute atomic E-state index is 13.1. The van der Waals surface area contributed by atoms with E-state index in [-0.39, 0.29) is 30.5 Å². The molecule has 1 saturated carbocycles. The molecule has 2 aromatic carbocycles. The Morgan fingerprint density at radius 1 is 1.07 bits per heavy atom. The molecule has 0 aromatic heterocycles. The monoisotopic (exact) mass is 391 g/mol. The van der Waals surface area contributed by atoms with Crippen LogP contribution in [0.2, 0.25) is 0 Å². The highest BCUT2D eigenvalue weighted by Gasteiger charge is 2.34. The predicted octanol–water partition coefficient (Wildman–Crippen LogP) is 4.60. The zero-order valence-electron chi connectivity index (χ0n) is 16.7. The van der Waals surface area contributed by atoms with E-state index in [1.807, 2.05) is 18.2 Å². The summed E-state index contributed by atoms with van der Waals surface area (Å²) in [6.45, 7) is 5.06. The summed E-state index contributed by atoms with van der Waals surface area (Å²) in [7, 11) is 0. The predicted molar refractivity (Wildman–Crippen MR) is 111 cm³/mol. The number of imide groups is 1. The number of hydrogen-bond donors (Lipinski definition) is 0. The standard InChI is InChI=1S/C24H25NO4/c1-15(2)24(28)29-14-13-25-22(26)19-10-6-9-18-17(16-7-4-3-5-8-16)11-12-20(21(18)19)23(25)27/h6,9-12,16H,1,3-5,7-8,13-14H2,2H3. The van der Waals surface area contributed by atoms with Crippen molar-refractivity contribution < 1.29 is 19.1 Å². The molecule has 2 aliphatic rings. The Morgan fingerprint density at radius 3 is 2.45 bits per heavy atom. The molecule has 1 fully saturated rings. The van der Waals surface area contributed by atoms with Crippen molar-refractivity contribution in [3.63, 3.8) is 0 Å². The first-order valence-corrected chi connectivity index (χ1v) is 10.2. The van der Waals surface area contributed by atoms with Crippen molar-refractivity contribution in [3.8, 4) is 0 Å². The Hall–Kier alpha value is -2.95. The first-order chi connectivity index (χ1) is 14.0. The molecule has 0 N–H and O–H groups in total. The van der Waals surface area contributed by atoms with Gasteiger partial charge in [-0.15, -0.1) is 0 Å². The van der Waals surface area contributed by atoms with Crippen molar-refractivity contribution in [1.82, 2.24) is 4.90 Å². The molecule has 0 bridgehead atoms. The average molecular weight is 391 g/mol. The molecule has 0 unspecified atom stereocenters. The van der Waals surface area contributed by atoms with E-state index in [1.165, 1.54) is 29.7 Å². The van der Waals surface area contributed by atoms with Gasteiger partial charge in [-0.2, -0.15) is 0 Å². The van der Waals surface area contributed by atoms with Gasteiger partial charge in [-0.25, -0.2) is 4.79 Å². The van der Waals surface area contributed by atoms with Crippen LogP contribution in [0.1, 0.15) is 71.2 Å². The van der Waals surface area contributed by atoms with Crippen LogP contribution in [-0.2, 0) is 9.53 Å². The molecule has 2 amide bonds. The van der Waals surface area contributed by atoms with E-state index in [0.717, 1.165) is 23.6 Å². The van der Waals surface area contributed by atoms with Crippen molar-refractivity contribution >= 4 is 28.6 Å². The van der Waals surface area contributed by atoms with E-state index < -0.39 is 5.97 Å². The fourth-order valence-corrected chi connectivity index (χ4v) is 4.49. The third kappa shape index (κ3) is 3.46. The number of benzene rings is 2. The van der Waals surface area contributed by atoms with Gasteiger partial charge in [0.1, 0.15) is 6.61 Å². The zero-order valence-corrected chi connectivity index (χ0v) is 16.7. The Morgan fingerprint density at radius 2 is 1.76 bits per heavy atom. The highest BCUT2D eigenvalue weighted by atomic mass is 16.5. The number of amides is 2. The normalized spacial score (nSPS) is 16.9. The van der Waals surface area contributed by atoms with Crippen LogP contribution in [-0.4, -0.2) is 35.8 Å². The van der Waals surface area contributed by atoms with Crippen molar-refractivity contribution in [1.29, 1.82) is 0 Å². The summed E-state index contributed by atoms with van der Waals surface area (Å²) in [6.07, 6.45) is 6.03. The Kier molecular flexibility index (Phi) is 5.22. The van der Waals surface area contributed by atoms with Crippen LogP contribution in [0, 0.1) is 0 Å². The van der Waals surface area contributed by atoms with Crippen molar-refractivity contribution in [2.75, 3.05) is 13.2 Å². The Labute approximate surface area is 170 Å². The number of nitrogens with zero attached hydrogens (tertiary/aromatic N) is 1. The lowest BCUT2D eigenvalue weighted by Crippen LogP contribution is -2.42. The highest BCUT2D eigenvalue weighted by Crippen LogP contribution is 2.39. The second-order valence-corrected chi connectivity index (χ2v) is 7.94. The molecule has 1 heterocycles. The topological polar surface area (TPSA) is 63.7 Å². The van der Waals surface area contributed by atoms with Gasteiger partial charge in [0.25, 0.3) is 11.8 Å². The third-order valence-electron chi connectivity index (χ3n) is 5.97. The van der Waals surface area contributed by atoms with Crippen molar-refractivity contribution in [2.45, 2.75) is 44.9 Å². The molecule has 5 heteroatoms. The lowest BCUT2D eigenvalue weighted by molar-refractivity contribution is -0.139. The summed E-state index contributed by atoms with van der Waals surface area (Å²) in [5, 5.41) is 1.78. The fraction of sp³-hybridized carbons (Fsp3) is 0.375. The van der Waals surface area contributed by atoms with Gasteiger partial charge in [0.05, 0.1) is 6.54 Å². The maximum atomic E-state index is 13.1. The van der Waals surface area contributed by atoms with Crippen LogP contribution in [0.4, 0.5) is 0 Å². The molecule has 2 aromatic rings. The molecular formula is C24H25NO4. The Balaban J connectivity index is 1.67. The molecule has 1 aliphatic carbocycles. The second kappa shape index (κ2) is 7.82.